The molecule has 7 nitrogen and oxygen atoms in total. The largest absolute Gasteiger partial charge is 0.495 e. The Morgan fingerprint density at radius 1 is 1.24 bits per heavy atom. The van der Waals surface area contributed by atoms with Crippen LogP contribution in [-0.4, -0.2) is 60.0 Å². The number of carbonyl (C=O) groups is 1. The molecule has 1 N–H and O–H groups in total. The molecule has 0 spiro atoms. The summed E-state index contributed by atoms with van der Waals surface area (Å²) in [7, 11) is 1.68. The van der Waals surface area contributed by atoms with Gasteiger partial charge in [-0.05, 0) is 25.1 Å². The fourth-order valence-electron chi connectivity index (χ4n) is 3.08. The maximum atomic E-state index is 12.4. The number of anilines is 1. The Hall–Kier alpha value is -2.70. The second-order valence-electron chi connectivity index (χ2n) is 6.22. The van der Waals surface area contributed by atoms with E-state index < -0.39 is 0 Å². The molecule has 25 heavy (non-hydrogen) atoms. The van der Waals surface area contributed by atoms with E-state index in [-0.39, 0.29) is 12.1 Å². The highest BCUT2D eigenvalue weighted by Gasteiger charge is 2.23. The van der Waals surface area contributed by atoms with Crippen molar-refractivity contribution in [3.8, 4) is 5.75 Å². The highest BCUT2D eigenvalue weighted by molar-refractivity contribution is 5.75. The van der Waals surface area contributed by atoms with Crippen LogP contribution in [0, 0.1) is 0 Å². The summed E-state index contributed by atoms with van der Waals surface area (Å²) < 4.78 is 7.26. The molecule has 0 bridgehead atoms. The number of para-hydroxylation sites is 2. The summed E-state index contributed by atoms with van der Waals surface area (Å²) in [6.45, 7) is 5.63. The average molecular weight is 343 g/mol. The van der Waals surface area contributed by atoms with Gasteiger partial charge in [-0.25, -0.2) is 4.79 Å². The lowest BCUT2D eigenvalue weighted by Gasteiger charge is -2.37. The Kier molecular flexibility index (Phi) is 5.42. The van der Waals surface area contributed by atoms with Gasteiger partial charge in [-0.15, -0.1) is 0 Å². The van der Waals surface area contributed by atoms with Gasteiger partial charge in [0.1, 0.15) is 5.75 Å². The first-order valence-corrected chi connectivity index (χ1v) is 8.58. The lowest BCUT2D eigenvalue weighted by atomic mass is 10.2. The number of carbonyl (C=O) groups excluding carboxylic acids is 1. The zero-order valence-corrected chi connectivity index (χ0v) is 14.8. The molecule has 1 atom stereocenters. The van der Waals surface area contributed by atoms with Crippen LogP contribution >= 0.6 is 0 Å². The number of benzene rings is 1. The van der Waals surface area contributed by atoms with Crippen molar-refractivity contribution in [1.29, 1.82) is 0 Å². The highest BCUT2D eigenvalue weighted by atomic mass is 16.5. The molecular formula is C18H25N5O2. The van der Waals surface area contributed by atoms with E-state index >= 15 is 0 Å². The Labute approximate surface area is 148 Å². The van der Waals surface area contributed by atoms with E-state index in [0.717, 1.165) is 24.5 Å². The van der Waals surface area contributed by atoms with E-state index in [4.69, 9.17) is 4.74 Å². The van der Waals surface area contributed by atoms with Crippen LogP contribution in [0.25, 0.3) is 0 Å². The van der Waals surface area contributed by atoms with E-state index in [1.807, 2.05) is 47.0 Å². The molecule has 1 unspecified atom stereocenters. The number of urea groups is 1. The van der Waals surface area contributed by atoms with Gasteiger partial charge in [0, 0.05) is 44.6 Å². The third kappa shape index (κ3) is 4.23. The second-order valence-corrected chi connectivity index (χ2v) is 6.22. The van der Waals surface area contributed by atoms with Crippen molar-refractivity contribution < 1.29 is 9.53 Å². The molecule has 1 saturated heterocycles. The molecule has 1 aliphatic rings. The van der Waals surface area contributed by atoms with Gasteiger partial charge in [0.05, 0.1) is 19.3 Å². The summed E-state index contributed by atoms with van der Waals surface area (Å²) in [5.41, 5.74) is 1.08. The van der Waals surface area contributed by atoms with Gasteiger partial charge in [-0.2, -0.15) is 5.10 Å². The molecule has 1 fully saturated rings. The first kappa shape index (κ1) is 17.1. The zero-order chi connectivity index (χ0) is 17.6. The Balaban J connectivity index is 1.50. The average Bonchev–Trinajstić information content (AvgIpc) is 3.14. The van der Waals surface area contributed by atoms with Gasteiger partial charge in [-0.1, -0.05) is 12.1 Å². The Morgan fingerprint density at radius 3 is 2.68 bits per heavy atom. The molecule has 7 heteroatoms. The molecule has 0 aliphatic carbocycles. The molecule has 0 saturated carbocycles. The number of hydrogen-bond donors (Lipinski definition) is 1. The third-order valence-electron chi connectivity index (χ3n) is 4.38. The van der Waals surface area contributed by atoms with Gasteiger partial charge in [-0.3, -0.25) is 4.68 Å². The third-order valence-corrected chi connectivity index (χ3v) is 4.38. The number of methoxy groups -OCH3 is 1. The van der Waals surface area contributed by atoms with Gasteiger partial charge in [0.2, 0.25) is 0 Å². The SMILES string of the molecule is COc1ccccc1N1CCN(C(=O)NC(C)Cn2cccn2)CC1. The van der Waals surface area contributed by atoms with Gasteiger partial charge >= 0.3 is 6.03 Å². The standard InChI is InChI=1S/C18H25N5O2/c1-15(14-23-9-5-8-19-23)20-18(24)22-12-10-21(11-13-22)16-6-3-4-7-17(16)25-2/h3-9,15H,10-14H2,1-2H3,(H,20,24). The predicted octanol–water partition coefficient (Wildman–Crippen LogP) is 1.81. The maximum absolute atomic E-state index is 12.4. The molecular weight excluding hydrogens is 318 g/mol. The number of ether oxygens (including phenoxy) is 1. The minimum absolute atomic E-state index is 0.0145. The van der Waals surface area contributed by atoms with Gasteiger partial charge in [0.25, 0.3) is 0 Å². The molecule has 2 aromatic rings. The van der Waals surface area contributed by atoms with Crippen LogP contribution in [0.5, 0.6) is 5.75 Å². The topological polar surface area (TPSA) is 62.6 Å². The minimum atomic E-state index is -0.0145. The molecule has 1 aliphatic heterocycles. The number of hydrogen-bond acceptors (Lipinski definition) is 4. The van der Waals surface area contributed by atoms with Gasteiger partial charge in [0.15, 0.2) is 0 Å². The minimum Gasteiger partial charge on any atom is -0.495 e. The molecule has 134 valence electrons. The molecule has 3 rings (SSSR count). The van der Waals surface area contributed by atoms with Crippen LogP contribution < -0.4 is 15.0 Å². The number of piperazine rings is 1. The van der Waals surface area contributed by atoms with E-state index in [1.165, 1.54) is 0 Å². The summed E-state index contributed by atoms with van der Waals surface area (Å²) in [5, 5.41) is 7.22. The fraction of sp³-hybridized carbons (Fsp3) is 0.444. The Bertz CT molecular complexity index is 681. The quantitative estimate of drug-likeness (QED) is 0.899. The van der Waals surface area contributed by atoms with Crippen molar-refractivity contribution >= 4 is 11.7 Å². The molecule has 1 aromatic carbocycles. The fourth-order valence-corrected chi connectivity index (χ4v) is 3.08. The monoisotopic (exact) mass is 343 g/mol. The number of nitrogens with zero attached hydrogens (tertiary/aromatic N) is 4. The van der Waals surface area contributed by atoms with Crippen molar-refractivity contribution in [2.24, 2.45) is 0 Å². The molecule has 2 amide bonds. The maximum Gasteiger partial charge on any atom is 0.317 e. The van der Waals surface area contributed by atoms with E-state index in [9.17, 15) is 4.79 Å². The molecule has 1 aromatic heterocycles. The first-order valence-electron chi connectivity index (χ1n) is 8.58. The lowest BCUT2D eigenvalue weighted by molar-refractivity contribution is 0.189. The zero-order valence-electron chi connectivity index (χ0n) is 14.8. The molecule has 2 heterocycles. The smallest absolute Gasteiger partial charge is 0.317 e. The molecule has 0 radical (unpaired) electrons. The van der Waals surface area contributed by atoms with Crippen molar-refractivity contribution in [2.75, 3.05) is 38.2 Å². The second kappa shape index (κ2) is 7.92. The highest BCUT2D eigenvalue weighted by Crippen LogP contribution is 2.28. The summed E-state index contributed by atoms with van der Waals surface area (Å²) >= 11 is 0. The van der Waals surface area contributed by atoms with Crippen LogP contribution in [-0.2, 0) is 6.54 Å². The van der Waals surface area contributed by atoms with Crippen LogP contribution in [0.1, 0.15) is 6.92 Å². The van der Waals surface area contributed by atoms with E-state index in [1.54, 1.807) is 13.3 Å². The van der Waals surface area contributed by atoms with E-state index in [0.29, 0.717) is 19.6 Å². The lowest BCUT2D eigenvalue weighted by Crippen LogP contribution is -2.53. The summed E-state index contributed by atoms with van der Waals surface area (Å²) in [4.78, 5) is 16.6. The number of rotatable bonds is 5. The number of aromatic nitrogens is 2. The summed E-state index contributed by atoms with van der Waals surface area (Å²) in [5.74, 6) is 0.869. The van der Waals surface area contributed by atoms with E-state index in [2.05, 4.69) is 21.4 Å². The van der Waals surface area contributed by atoms with Crippen molar-refractivity contribution in [3.05, 3.63) is 42.7 Å². The van der Waals surface area contributed by atoms with Crippen LogP contribution in [0.2, 0.25) is 0 Å². The van der Waals surface area contributed by atoms with Crippen molar-refractivity contribution in [3.63, 3.8) is 0 Å². The van der Waals surface area contributed by atoms with Crippen molar-refractivity contribution in [1.82, 2.24) is 20.0 Å². The van der Waals surface area contributed by atoms with Crippen LogP contribution in [0.3, 0.4) is 0 Å². The summed E-state index contributed by atoms with van der Waals surface area (Å²) in [6, 6.07) is 9.89. The number of nitrogens with one attached hydrogen (secondary N) is 1. The van der Waals surface area contributed by atoms with Crippen molar-refractivity contribution in [2.45, 2.75) is 19.5 Å². The summed E-state index contributed by atoms with van der Waals surface area (Å²) in [6.07, 6.45) is 3.64. The van der Waals surface area contributed by atoms with Crippen LogP contribution in [0.4, 0.5) is 10.5 Å². The normalized spacial score (nSPS) is 15.8. The predicted molar refractivity (Wildman–Crippen MR) is 97.0 cm³/mol. The van der Waals surface area contributed by atoms with Gasteiger partial charge < -0.3 is 19.9 Å². The van der Waals surface area contributed by atoms with Crippen LogP contribution in [0.15, 0.2) is 42.7 Å². The Morgan fingerprint density at radius 2 is 2.00 bits per heavy atom. The number of amides is 2. The first-order chi connectivity index (χ1) is 12.2.